The predicted octanol–water partition coefficient (Wildman–Crippen LogP) is 4.40. The summed E-state index contributed by atoms with van der Waals surface area (Å²) in [5.41, 5.74) is 1.85. The van der Waals surface area contributed by atoms with Gasteiger partial charge in [0.15, 0.2) is 5.16 Å². The number of nitrogens with one attached hydrogen (secondary N) is 1. The van der Waals surface area contributed by atoms with Gasteiger partial charge in [0, 0.05) is 30.2 Å². The molecule has 12 heteroatoms. The molecule has 0 saturated heterocycles. The second-order valence-electron chi connectivity index (χ2n) is 5.42. The summed E-state index contributed by atoms with van der Waals surface area (Å²) in [5.74, 6) is 0.0946. The molecule has 8 nitrogen and oxygen atoms in total. The Bertz CT molecular complexity index is 1030. The standard InChI is InChI=1S/C17H11F3N6O2S/c18-17(19,20)12-3-5-15(23-10-12)25-24-9-11-2-4-14(13(8-11)26(27)28)29-16-21-6-1-7-22-16/h1-10H,(H,23,25)/b24-9+. The van der Waals surface area contributed by atoms with Gasteiger partial charge < -0.3 is 0 Å². The maximum Gasteiger partial charge on any atom is 0.417 e. The number of alkyl halides is 3. The molecule has 0 unspecified atom stereocenters. The van der Waals surface area contributed by atoms with Gasteiger partial charge in [-0.1, -0.05) is 6.07 Å². The van der Waals surface area contributed by atoms with Gasteiger partial charge in [-0.3, -0.25) is 15.5 Å². The number of nitrogens with zero attached hydrogens (tertiary/aromatic N) is 5. The summed E-state index contributed by atoms with van der Waals surface area (Å²) >= 11 is 1.05. The van der Waals surface area contributed by atoms with Gasteiger partial charge in [0.25, 0.3) is 5.69 Å². The molecule has 0 amide bonds. The largest absolute Gasteiger partial charge is 0.417 e. The van der Waals surface area contributed by atoms with Crippen molar-refractivity contribution in [3.8, 4) is 0 Å². The second-order valence-corrected chi connectivity index (χ2v) is 6.43. The molecule has 0 atom stereocenters. The lowest BCUT2D eigenvalue weighted by molar-refractivity contribution is -0.387. The van der Waals surface area contributed by atoms with Crippen LogP contribution >= 0.6 is 11.8 Å². The van der Waals surface area contributed by atoms with Crippen molar-refractivity contribution in [1.82, 2.24) is 15.0 Å². The number of anilines is 1. The van der Waals surface area contributed by atoms with Crippen molar-refractivity contribution in [3.05, 3.63) is 76.2 Å². The molecule has 0 radical (unpaired) electrons. The fraction of sp³-hybridized carbons (Fsp3) is 0.0588. The minimum atomic E-state index is -4.47. The fourth-order valence-electron chi connectivity index (χ4n) is 2.08. The Morgan fingerprint density at radius 2 is 1.90 bits per heavy atom. The molecule has 0 fully saturated rings. The maximum absolute atomic E-state index is 12.5. The van der Waals surface area contributed by atoms with E-state index in [9.17, 15) is 23.3 Å². The fourth-order valence-corrected chi connectivity index (χ4v) is 2.88. The number of hydrazone groups is 1. The number of rotatable bonds is 6. The highest BCUT2D eigenvalue weighted by Crippen LogP contribution is 2.33. The third-order valence-corrected chi connectivity index (χ3v) is 4.37. The van der Waals surface area contributed by atoms with Gasteiger partial charge in [-0.05, 0) is 36.0 Å². The van der Waals surface area contributed by atoms with Crippen LogP contribution < -0.4 is 5.43 Å². The summed E-state index contributed by atoms with van der Waals surface area (Å²) in [6, 6.07) is 8.09. The Kier molecular flexibility index (Phi) is 6.02. The van der Waals surface area contributed by atoms with Crippen molar-refractivity contribution in [2.75, 3.05) is 5.43 Å². The van der Waals surface area contributed by atoms with E-state index >= 15 is 0 Å². The zero-order valence-electron chi connectivity index (χ0n) is 14.4. The average molecular weight is 420 g/mol. The molecule has 0 spiro atoms. The molecule has 2 heterocycles. The van der Waals surface area contributed by atoms with Crippen molar-refractivity contribution in [2.24, 2.45) is 5.10 Å². The number of nitro groups is 1. The number of halogens is 3. The first-order valence-corrected chi connectivity index (χ1v) is 8.70. The lowest BCUT2D eigenvalue weighted by Crippen LogP contribution is -2.05. The lowest BCUT2D eigenvalue weighted by Gasteiger charge is -2.06. The molecule has 148 valence electrons. The van der Waals surface area contributed by atoms with Crippen LogP contribution in [0.3, 0.4) is 0 Å². The molecule has 1 N–H and O–H groups in total. The molecule has 29 heavy (non-hydrogen) atoms. The van der Waals surface area contributed by atoms with Crippen LogP contribution in [0.1, 0.15) is 11.1 Å². The van der Waals surface area contributed by atoms with Gasteiger partial charge in [0.1, 0.15) is 5.82 Å². The number of pyridine rings is 1. The van der Waals surface area contributed by atoms with Crippen molar-refractivity contribution < 1.29 is 18.1 Å². The second kappa shape index (κ2) is 8.65. The SMILES string of the molecule is O=[N+]([O-])c1cc(/C=N/Nc2ccc(C(F)(F)F)cn2)ccc1Sc1ncccn1. The van der Waals surface area contributed by atoms with E-state index in [4.69, 9.17) is 0 Å². The maximum atomic E-state index is 12.5. The average Bonchev–Trinajstić information content (AvgIpc) is 2.69. The van der Waals surface area contributed by atoms with E-state index in [1.807, 2.05) is 0 Å². The van der Waals surface area contributed by atoms with Gasteiger partial charge in [0.2, 0.25) is 0 Å². The minimum absolute atomic E-state index is 0.0946. The zero-order chi connectivity index (χ0) is 20.9. The number of benzene rings is 1. The normalized spacial score (nSPS) is 11.6. The smallest absolute Gasteiger partial charge is 0.261 e. The van der Waals surface area contributed by atoms with E-state index in [2.05, 4.69) is 25.5 Å². The van der Waals surface area contributed by atoms with Gasteiger partial charge in [-0.2, -0.15) is 18.3 Å². The summed E-state index contributed by atoms with van der Waals surface area (Å²) < 4.78 is 37.5. The number of hydrogen-bond acceptors (Lipinski definition) is 8. The molecule has 0 bridgehead atoms. The van der Waals surface area contributed by atoms with Crippen molar-refractivity contribution in [1.29, 1.82) is 0 Å². The Morgan fingerprint density at radius 3 is 2.52 bits per heavy atom. The molecule has 1 aromatic carbocycles. The van der Waals surface area contributed by atoms with Gasteiger partial charge in [-0.25, -0.2) is 15.0 Å². The zero-order valence-corrected chi connectivity index (χ0v) is 15.2. The van der Waals surface area contributed by atoms with E-state index < -0.39 is 16.7 Å². The van der Waals surface area contributed by atoms with E-state index in [1.54, 1.807) is 12.1 Å². The Balaban J connectivity index is 1.72. The Hall–Kier alpha value is -3.54. The number of aromatic nitrogens is 3. The van der Waals surface area contributed by atoms with Crippen LogP contribution in [0.2, 0.25) is 0 Å². The van der Waals surface area contributed by atoms with Gasteiger partial charge in [-0.15, -0.1) is 0 Å². The molecule has 0 aliphatic rings. The molecular weight excluding hydrogens is 409 g/mol. The molecule has 3 rings (SSSR count). The Morgan fingerprint density at radius 1 is 1.14 bits per heavy atom. The quantitative estimate of drug-likeness (QED) is 0.273. The van der Waals surface area contributed by atoms with Crippen molar-refractivity contribution in [2.45, 2.75) is 16.2 Å². The first-order chi connectivity index (χ1) is 13.8. The summed E-state index contributed by atoms with van der Waals surface area (Å²) in [6.07, 6.45) is 0.560. The molecule has 0 aliphatic carbocycles. The van der Waals surface area contributed by atoms with E-state index in [-0.39, 0.29) is 11.5 Å². The highest BCUT2D eigenvalue weighted by molar-refractivity contribution is 7.99. The lowest BCUT2D eigenvalue weighted by atomic mass is 10.2. The predicted molar refractivity (Wildman–Crippen MR) is 99.7 cm³/mol. The molecule has 0 saturated carbocycles. The van der Waals surface area contributed by atoms with Crippen molar-refractivity contribution in [3.63, 3.8) is 0 Å². The molecule has 2 aromatic heterocycles. The van der Waals surface area contributed by atoms with E-state index in [1.165, 1.54) is 30.7 Å². The summed E-state index contributed by atoms with van der Waals surface area (Å²) in [7, 11) is 0. The third kappa shape index (κ3) is 5.48. The third-order valence-electron chi connectivity index (χ3n) is 3.41. The molecule has 3 aromatic rings. The van der Waals surface area contributed by atoms with Crippen LogP contribution in [0.4, 0.5) is 24.7 Å². The topological polar surface area (TPSA) is 106 Å². The number of hydrogen-bond donors (Lipinski definition) is 1. The summed E-state index contributed by atoms with van der Waals surface area (Å²) in [6.45, 7) is 0. The molecule has 0 aliphatic heterocycles. The van der Waals surface area contributed by atoms with E-state index in [0.29, 0.717) is 21.8 Å². The first kappa shape index (κ1) is 20.2. The van der Waals surface area contributed by atoms with Crippen LogP contribution in [-0.4, -0.2) is 26.1 Å². The van der Waals surface area contributed by atoms with Crippen molar-refractivity contribution >= 4 is 29.5 Å². The minimum Gasteiger partial charge on any atom is -0.261 e. The highest BCUT2D eigenvalue weighted by atomic mass is 32.2. The van der Waals surface area contributed by atoms with Crippen LogP contribution in [0.15, 0.2) is 70.1 Å². The summed E-state index contributed by atoms with van der Waals surface area (Å²) in [4.78, 5) is 22.8. The van der Waals surface area contributed by atoms with Crippen LogP contribution in [0, 0.1) is 10.1 Å². The van der Waals surface area contributed by atoms with Crippen LogP contribution in [0.25, 0.3) is 0 Å². The Labute approximate surface area is 166 Å². The first-order valence-electron chi connectivity index (χ1n) is 7.88. The monoisotopic (exact) mass is 420 g/mol. The van der Waals surface area contributed by atoms with Gasteiger partial charge in [0.05, 0.1) is 21.6 Å². The molecular formula is C17H11F3N6O2S. The van der Waals surface area contributed by atoms with Crippen LogP contribution in [-0.2, 0) is 6.18 Å². The highest BCUT2D eigenvalue weighted by Gasteiger charge is 2.30. The van der Waals surface area contributed by atoms with E-state index in [0.717, 1.165) is 23.9 Å². The summed E-state index contributed by atoms with van der Waals surface area (Å²) in [5, 5.41) is 15.6. The van der Waals surface area contributed by atoms with Gasteiger partial charge >= 0.3 is 6.18 Å². The number of nitro benzene ring substituents is 1. The van der Waals surface area contributed by atoms with Crippen LogP contribution in [0.5, 0.6) is 0 Å².